The Morgan fingerprint density at radius 3 is 2.43 bits per heavy atom. The monoisotopic (exact) mass is 293 g/mol. The molecule has 0 heterocycles. The largest absolute Gasteiger partial charge is 0.312 e. The molecule has 0 aliphatic heterocycles. The third kappa shape index (κ3) is 5.27. The van der Waals surface area contributed by atoms with E-state index < -0.39 is 0 Å². The summed E-state index contributed by atoms with van der Waals surface area (Å²) < 4.78 is 0. The minimum absolute atomic E-state index is 0.270. The van der Waals surface area contributed by atoms with Crippen molar-refractivity contribution in [3.8, 4) is 0 Å². The van der Waals surface area contributed by atoms with Crippen LogP contribution in [0.2, 0.25) is 0 Å². The summed E-state index contributed by atoms with van der Waals surface area (Å²) in [6, 6.07) is 0. The van der Waals surface area contributed by atoms with Crippen LogP contribution in [-0.2, 0) is 0 Å². The first-order chi connectivity index (χ1) is 9.89. The predicted molar refractivity (Wildman–Crippen MR) is 93.5 cm³/mol. The molecule has 0 saturated heterocycles. The fourth-order valence-corrected chi connectivity index (χ4v) is 4.85. The summed E-state index contributed by atoms with van der Waals surface area (Å²) >= 11 is 0. The molecular formula is C20H39N. The zero-order valence-electron chi connectivity index (χ0n) is 15.3. The van der Waals surface area contributed by atoms with Crippen LogP contribution in [0.15, 0.2) is 0 Å². The molecule has 1 nitrogen and oxygen atoms in total. The Hall–Kier alpha value is -0.0400. The summed E-state index contributed by atoms with van der Waals surface area (Å²) in [7, 11) is 0. The van der Waals surface area contributed by atoms with E-state index in [9.17, 15) is 0 Å². The molecule has 0 spiro atoms. The third-order valence-corrected chi connectivity index (χ3v) is 6.21. The van der Waals surface area contributed by atoms with Gasteiger partial charge in [0.1, 0.15) is 0 Å². The van der Waals surface area contributed by atoms with Crippen molar-refractivity contribution >= 4 is 0 Å². The molecule has 0 aromatic heterocycles. The van der Waals surface area contributed by atoms with Crippen molar-refractivity contribution in [1.82, 2.24) is 5.32 Å². The molecule has 2 fully saturated rings. The first-order valence-corrected chi connectivity index (χ1v) is 9.64. The van der Waals surface area contributed by atoms with Gasteiger partial charge in [-0.05, 0) is 76.2 Å². The van der Waals surface area contributed by atoms with Gasteiger partial charge in [-0.3, -0.25) is 0 Å². The normalized spacial score (nSPS) is 38.4. The SMILES string of the molecule is CCC1CCCC(C2CC(C)CCC2CNC(C)(C)C)C1. The van der Waals surface area contributed by atoms with Gasteiger partial charge in [-0.25, -0.2) is 0 Å². The lowest BCUT2D eigenvalue weighted by molar-refractivity contribution is 0.0794. The van der Waals surface area contributed by atoms with Gasteiger partial charge in [0.05, 0.1) is 0 Å². The van der Waals surface area contributed by atoms with Gasteiger partial charge in [0.2, 0.25) is 0 Å². The highest BCUT2D eigenvalue weighted by Crippen LogP contribution is 2.45. The van der Waals surface area contributed by atoms with E-state index >= 15 is 0 Å². The summed E-state index contributed by atoms with van der Waals surface area (Å²) in [5.74, 6) is 4.94. The molecule has 2 rings (SSSR count). The van der Waals surface area contributed by atoms with E-state index in [2.05, 4.69) is 39.9 Å². The van der Waals surface area contributed by atoms with Gasteiger partial charge in [0.25, 0.3) is 0 Å². The molecule has 2 saturated carbocycles. The quantitative estimate of drug-likeness (QED) is 0.707. The van der Waals surface area contributed by atoms with E-state index in [1.165, 1.54) is 57.9 Å². The fraction of sp³-hybridized carbons (Fsp3) is 1.00. The zero-order valence-corrected chi connectivity index (χ0v) is 15.3. The van der Waals surface area contributed by atoms with Crippen LogP contribution < -0.4 is 5.32 Å². The zero-order chi connectivity index (χ0) is 15.5. The summed E-state index contributed by atoms with van der Waals surface area (Å²) in [6.45, 7) is 13.0. The van der Waals surface area contributed by atoms with Crippen molar-refractivity contribution in [1.29, 1.82) is 0 Å². The molecule has 1 N–H and O–H groups in total. The minimum atomic E-state index is 0.270. The highest BCUT2D eigenvalue weighted by molar-refractivity contribution is 4.88. The van der Waals surface area contributed by atoms with Crippen molar-refractivity contribution < 1.29 is 0 Å². The van der Waals surface area contributed by atoms with E-state index in [0.717, 1.165) is 29.6 Å². The molecule has 0 radical (unpaired) electrons. The van der Waals surface area contributed by atoms with E-state index in [0.29, 0.717) is 0 Å². The highest BCUT2D eigenvalue weighted by Gasteiger charge is 2.36. The lowest BCUT2D eigenvalue weighted by Gasteiger charge is -2.43. The van der Waals surface area contributed by atoms with Crippen molar-refractivity contribution in [3.63, 3.8) is 0 Å². The Balaban J connectivity index is 1.97. The summed E-state index contributed by atoms with van der Waals surface area (Å²) in [4.78, 5) is 0. The van der Waals surface area contributed by atoms with Crippen LogP contribution in [0.5, 0.6) is 0 Å². The summed E-state index contributed by atoms with van der Waals surface area (Å²) in [6.07, 6.45) is 11.9. The first-order valence-electron chi connectivity index (χ1n) is 9.64. The molecule has 0 aromatic carbocycles. The van der Waals surface area contributed by atoms with Crippen LogP contribution in [-0.4, -0.2) is 12.1 Å². The molecule has 2 aliphatic rings. The van der Waals surface area contributed by atoms with Gasteiger partial charge < -0.3 is 5.32 Å². The van der Waals surface area contributed by atoms with E-state index in [-0.39, 0.29) is 5.54 Å². The van der Waals surface area contributed by atoms with Crippen LogP contribution in [0, 0.1) is 29.6 Å². The first kappa shape index (κ1) is 17.3. The molecule has 5 unspecified atom stereocenters. The Kier molecular flexibility index (Phi) is 6.17. The van der Waals surface area contributed by atoms with Gasteiger partial charge in [0.15, 0.2) is 0 Å². The van der Waals surface area contributed by atoms with Crippen LogP contribution in [0.1, 0.15) is 86.0 Å². The van der Waals surface area contributed by atoms with Gasteiger partial charge >= 0.3 is 0 Å². The van der Waals surface area contributed by atoms with E-state index in [4.69, 9.17) is 0 Å². The number of nitrogens with one attached hydrogen (secondary N) is 1. The molecule has 2 aliphatic carbocycles. The molecule has 1 heteroatoms. The molecular weight excluding hydrogens is 254 g/mol. The molecule has 5 atom stereocenters. The van der Waals surface area contributed by atoms with Crippen LogP contribution in [0.4, 0.5) is 0 Å². The predicted octanol–water partition coefficient (Wildman–Crippen LogP) is 5.64. The Labute approximate surface area is 133 Å². The second-order valence-corrected chi connectivity index (χ2v) is 9.17. The van der Waals surface area contributed by atoms with E-state index in [1.807, 2.05) is 0 Å². The summed E-state index contributed by atoms with van der Waals surface area (Å²) in [5.41, 5.74) is 0.270. The Morgan fingerprint density at radius 1 is 1.00 bits per heavy atom. The van der Waals surface area contributed by atoms with Crippen molar-refractivity contribution in [2.75, 3.05) is 6.54 Å². The summed E-state index contributed by atoms with van der Waals surface area (Å²) in [5, 5.41) is 3.80. The third-order valence-electron chi connectivity index (χ3n) is 6.21. The maximum atomic E-state index is 3.80. The molecule has 0 bridgehead atoms. The standard InChI is InChI=1S/C20H39N/c1-6-16-8-7-9-17(13-16)19-12-15(2)10-11-18(19)14-21-20(3,4)5/h15-19,21H,6-14H2,1-5H3. The number of rotatable bonds is 4. The van der Waals surface area contributed by atoms with Gasteiger partial charge in [0, 0.05) is 5.54 Å². The average Bonchev–Trinajstić information content (AvgIpc) is 2.45. The molecule has 21 heavy (non-hydrogen) atoms. The Morgan fingerprint density at radius 2 is 1.76 bits per heavy atom. The average molecular weight is 294 g/mol. The van der Waals surface area contributed by atoms with Crippen LogP contribution >= 0.6 is 0 Å². The van der Waals surface area contributed by atoms with Crippen LogP contribution in [0.25, 0.3) is 0 Å². The maximum Gasteiger partial charge on any atom is 0.00966 e. The lowest BCUT2D eigenvalue weighted by atomic mass is 9.63. The Bertz CT molecular complexity index is 303. The smallest absolute Gasteiger partial charge is 0.00966 e. The lowest BCUT2D eigenvalue weighted by Crippen LogP contribution is -2.44. The molecule has 0 aromatic rings. The fourth-order valence-electron chi connectivity index (χ4n) is 4.85. The molecule has 0 amide bonds. The van der Waals surface area contributed by atoms with Crippen LogP contribution in [0.3, 0.4) is 0 Å². The number of hydrogen-bond acceptors (Lipinski definition) is 1. The van der Waals surface area contributed by atoms with Crippen molar-refractivity contribution in [2.24, 2.45) is 29.6 Å². The highest BCUT2D eigenvalue weighted by atomic mass is 14.9. The second-order valence-electron chi connectivity index (χ2n) is 9.17. The number of hydrogen-bond donors (Lipinski definition) is 1. The maximum absolute atomic E-state index is 3.80. The second kappa shape index (κ2) is 7.49. The van der Waals surface area contributed by atoms with Crippen molar-refractivity contribution in [3.05, 3.63) is 0 Å². The van der Waals surface area contributed by atoms with E-state index in [1.54, 1.807) is 0 Å². The van der Waals surface area contributed by atoms with Gasteiger partial charge in [-0.1, -0.05) is 46.0 Å². The molecule has 124 valence electrons. The van der Waals surface area contributed by atoms with Crippen molar-refractivity contribution in [2.45, 2.75) is 91.5 Å². The topological polar surface area (TPSA) is 12.0 Å². The van der Waals surface area contributed by atoms with Gasteiger partial charge in [-0.15, -0.1) is 0 Å². The minimum Gasteiger partial charge on any atom is -0.312 e. The van der Waals surface area contributed by atoms with Gasteiger partial charge in [-0.2, -0.15) is 0 Å².